The lowest BCUT2D eigenvalue weighted by atomic mass is 9.64. The Hall–Kier alpha value is -2.56. The van der Waals surface area contributed by atoms with Crippen LogP contribution >= 0.6 is 0 Å². The second-order valence-corrected chi connectivity index (χ2v) is 6.76. The maximum atomic E-state index is 5.18. The lowest BCUT2D eigenvalue weighted by Crippen LogP contribution is -2.48. The number of aromatic nitrogens is 1. The van der Waals surface area contributed by atoms with Gasteiger partial charge in [-0.2, -0.15) is 0 Å². The van der Waals surface area contributed by atoms with E-state index in [1.165, 1.54) is 24.8 Å². The van der Waals surface area contributed by atoms with Crippen molar-refractivity contribution in [2.24, 2.45) is 4.99 Å². The van der Waals surface area contributed by atoms with Crippen molar-refractivity contribution < 1.29 is 4.74 Å². The van der Waals surface area contributed by atoms with Crippen LogP contribution in [0.25, 0.3) is 0 Å². The Balaban J connectivity index is 1.66. The Morgan fingerprint density at radius 2 is 2.00 bits per heavy atom. The van der Waals surface area contributed by atoms with Crippen molar-refractivity contribution in [1.29, 1.82) is 0 Å². The van der Waals surface area contributed by atoms with Crippen LogP contribution in [0.1, 0.15) is 37.3 Å². The molecule has 0 bridgehead atoms. The average Bonchev–Trinajstić information content (AvgIpc) is 2.66. The van der Waals surface area contributed by atoms with E-state index in [9.17, 15) is 0 Å². The summed E-state index contributed by atoms with van der Waals surface area (Å²) >= 11 is 0. The molecule has 5 heteroatoms. The highest BCUT2D eigenvalue weighted by molar-refractivity contribution is 5.79. The Labute approximate surface area is 155 Å². The van der Waals surface area contributed by atoms with Crippen LogP contribution in [-0.2, 0) is 12.0 Å². The number of hydrogen-bond donors (Lipinski definition) is 2. The minimum absolute atomic E-state index is 0.233. The molecule has 0 spiro atoms. The van der Waals surface area contributed by atoms with E-state index in [1.807, 2.05) is 12.1 Å². The zero-order valence-corrected chi connectivity index (χ0v) is 15.7. The van der Waals surface area contributed by atoms with Gasteiger partial charge in [0.15, 0.2) is 5.96 Å². The maximum absolute atomic E-state index is 5.18. The standard InChI is InChI=1S/C21H28N4O/c1-3-22-20(24-15-17-10-13-23-19(14-17)26-2)25-16-21(11-7-12-21)18-8-5-4-6-9-18/h4-6,8-10,13-14H,3,7,11-12,15-16H2,1-2H3,(H2,22,24,25). The van der Waals surface area contributed by atoms with Crippen molar-refractivity contribution in [3.05, 3.63) is 59.8 Å². The minimum atomic E-state index is 0.233. The van der Waals surface area contributed by atoms with E-state index in [2.05, 4.69) is 52.9 Å². The van der Waals surface area contributed by atoms with Gasteiger partial charge in [-0.05, 0) is 37.0 Å². The molecule has 5 nitrogen and oxygen atoms in total. The summed E-state index contributed by atoms with van der Waals surface area (Å²) in [5.41, 5.74) is 2.74. The third-order valence-corrected chi connectivity index (χ3v) is 5.06. The number of aliphatic imine (C=N–C) groups is 1. The molecule has 0 aliphatic heterocycles. The Morgan fingerprint density at radius 1 is 1.19 bits per heavy atom. The Bertz CT molecular complexity index is 726. The number of rotatable bonds is 7. The molecular weight excluding hydrogens is 324 g/mol. The zero-order chi connectivity index (χ0) is 18.2. The number of nitrogens with zero attached hydrogens (tertiary/aromatic N) is 2. The summed E-state index contributed by atoms with van der Waals surface area (Å²) in [5, 5.41) is 6.90. The molecule has 3 rings (SSSR count). The predicted octanol–water partition coefficient (Wildman–Crippen LogP) is 3.27. The van der Waals surface area contributed by atoms with Crippen LogP contribution in [0.15, 0.2) is 53.7 Å². The summed E-state index contributed by atoms with van der Waals surface area (Å²) in [6.07, 6.45) is 5.50. The van der Waals surface area contributed by atoms with Crippen molar-refractivity contribution in [2.75, 3.05) is 20.2 Å². The summed E-state index contributed by atoms with van der Waals surface area (Å²) in [5.74, 6) is 1.47. The van der Waals surface area contributed by atoms with Gasteiger partial charge in [0, 0.05) is 30.8 Å². The fourth-order valence-corrected chi connectivity index (χ4v) is 3.39. The van der Waals surface area contributed by atoms with E-state index in [0.29, 0.717) is 12.4 Å². The van der Waals surface area contributed by atoms with Gasteiger partial charge in [0.05, 0.1) is 13.7 Å². The molecule has 1 aromatic heterocycles. The van der Waals surface area contributed by atoms with E-state index in [1.54, 1.807) is 13.3 Å². The highest BCUT2D eigenvalue weighted by Gasteiger charge is 2.38. The lowest BCUT2D eigenvalue weighted by Gasteiger charge is -2.43. The fourth-order valence-electron chi connectivity index (χ4n) is 3.39. The first-order chi connectivity index (χ1) is 12.8. The number of ether oxygens (including phenoxy) is 1. The first-order valence-corrected chi connectivity index (χ1v) is 9.32. The molecular formula is C21H28N4O. The molecule has 1 saturated carbocycles. The lowest BCUT2D eigenvalue weighted by molar-refractivity contribution is 0.244. The maximum Gasteiger partial charge on any atom is 0.213 e. The number of hydrogen-bond acceptors (Lipinski definition) is 3. The average molecular weight is 352 g/mol. The minimum Gasteiger partial charge on any atom is -0.481 e. The second kappa shape index (κ2) is 8.70. The van der Waals surface area contributed by atoms with Gasteiger partial charge in [-0.15, -0.1) is 0 Å². The van der Waals surface area contributed by atoms with Gasteiger partial charge in [0.25, 0.3) is 0 Å². The van der Waals surface area contributed by atoms with Crippen molar-refractivity contribution in [1.82, 2.24) is 15.6 Å². The molecule has 1 aliphatic rings. The van der Waals surface area contributed by atoms with Gasteiger partial charge >= 0.3 is 0 Å². The number of benzene rings is 1. The summed E-state index contributed by atoms with van der Waals surface area (Å²) in [6, 6.07) is 14.7. The van der Waals surface area contributed by atoms with E-state index < -0.39 is 0 Å². The molecule has 1 fully saturated rings. The molecule has 0 saturated heterocycles. The van der Waals surface area contributed by atoms with Crippen LogP contribution in [0.2, 0.25) is 0 Å². The van der Waals surface area contributed by atoms with Crippen molar-refractivity contribution >= 4 is 5.96 Å². The summed E-state index contributed by atoms with van der Waals surface area (Å²) in [4.78, 5) is 8.87. The number of nitrogens with one attached hydrogen (secondary N) is 2. The Kier molecular flexibility index (Phi) is 6.10. The number of methoxy groups -OCH3 is 1. The van der Waals surface area contributed by atoms with Gasteiger partial charge in [0.2, 0.25) is 5.88 Å². The molecule has 0 unspecified atom stereocenters. The van der Waals surface area contributed by atoms with Crippen LogP contribution in [0.4, 0.5) is 0 Å². The normalized spacial score (nSPS) is 15.8. The summed E-state index contributed by atoms with van der Waals surface area (Å²) in [7, 11) is 1.63. The molecule has 1 aliphatic carbocycles. The summed E-state index contributed by atoms with van der Waals surface area (Å²) in [6.45, 7) is 4.42. The zero-order valence-electron chi connectivity index (χ0n) is 15.7. The topological polar surface area (TPSA) is 58.5 Å². The van der Waals surface area contributed by atoms with Crippen LogP contribution in [-0.4, -0.2) is 31.1 Å². The first-order valence-electron chi connectivity index (χ1n) is 9.32. The van der Waals surface area contributed by atoms with Gasteiger partial charge < -0.3 is 15.4 Å². The van der Waals surface area contributed by atoms with Crippen LogP contribution in [0.5, 0.6) is 5.88 Å². The van der Waals surface area contributed by atoms with Crippen LogP contribution < -0.4 is 15.4 Å². The molecule has 1 heterocycles. The highest BCUT2D eigenvalue weighted by atomic mass is 16.5. The Morgan fingerprint density at radius 3 is 2.65 bits per heavy atom. The first kappa shape index (κ1) is 18.2. The van der Waals surface area contributed by atoms with Gasteiger partial charge in [-0.3, -0.25) is 0 Å². The number of pyridine rings is 1. The van der Waals surface area contributed by atoms with E-state index in [4.69, 9.17) is 9.73 Å². The quantitative estimate of drug-likeness (QED) is 0.593. The number of guanidine groups is 1. The predicted molar refractivity (Wildman–Crippen MR) is 106 cm³/mol. The van der Waals surface area contributed by atoms with Crippen molar-refractivity contribution in [3.8, 4) is 5.88 Å². The van der Waals surface area contributed by atoms with Crippen LogP contribution in [0, 0.1) is 0 Å². The SMILES string of the molecule is CCNC(=NCc1ccnc(OC)c1)NCC1(c2ccccc2)CCC1. The molecule has 0 atom stereocenters. The second-order valence-electron chi connectivity index (χ2n) is 6.76. The molecule has 2 aromatic rings. The van der Waals surface area contributed by atoms with E-state index in [0.717, 1.165) is 24.6 Å². The molecule has 26 heavy (non-hydrogen) atoms. The summed E-state index contributed by atoms with van der Waals surface area (Å²) < 4.78 is 5.18. The molecule has 138 valence electrons. The third kappa shape index (κ3) is 4.34. The van der Waals surface area contributed by atoms with Gasteiger partial charge in [-0.25, -0.2) is 9.98 Å². The fraction of sp³-hybridized carbons (Fsp3) is 0.429. The van der Waals surface area contributed by atoms with Crippen LogP contribution in [0.3, 0.4) is 0 Å². The molecule has 0 radical (unpaired) electrons. The monoisotopic (exact) mass is 352 g/mol. The van der Waals surface area contributed by atoms with Gasteiger partial charge in [0.1, 0.15) is 0 Å². The highest BCUT2D eigenvalue weighted by Crippen LogP contribution is 2.43. The molecule has 1 aromatic carbocycles. The van der Waals surface area contributed by atoms with Crippen molar-refractivity contribution in [2.45, 2.75) is 38.1 Å². The smallest absolute Gasteiger partial charge is 0.213 e. The van der Waals surface area contributed by atoms with E-state index >= 15 is 0 Å². The van der Waals surface area contributed by atoms with Crippen molar-refractivity contribution in [3.63, 3.8) is 0 Å². The molecule has 2 N–H and O–H groups in total. The molecule has 0 amide bonds. The third-order valence-electron chi connectivity index (χ3n) is 5.06. The largest absolute Gasteiger partial charge is 0.481 e. The van der Waals surface area contributed by atoms with Gasteiger partial charge in [-0.1, -0.05) is 36.8 Å². The van der Waals surface area contributed by atoms with E-state index in [-0.39, 0.29) is 5.41 Å².